The van der Waals surface area contributed by atoms with E-state index in [1.54, 1.807) is 12.1 Å². The van der Waals surface area contributed by atoms with Gasteiger partial charge in [0.25, 0.3) is 0 Å². The van der Waals surface area contributed by atoms with Gasteiger partial charge in [-0.15, -0.1) is 0 Å². The Bertz CT molecular complexity index is 506. The van der Waals surface area contributed by atoms with Crippen LogP contribution in [0.15, 0.2) is 18.2 Å². The number of phenolic OH excluding ortho intramolecular Hbond substituents is 1. The molecule has 0 saturated heterocycles. The fraction of sp³-hybridized carbons (Fsp3) is 0.667. The summed E-state index contributed by atoms with van der Waals surface area (Å²) in [6.07, 6.45) is 6.53. The van der Waals surface area contributed by atoms with Crippen molar-refractivity contribution in [1.29, 1.82) is 0 Å². The van der Waals surface area contributed by atoms with Crippen LogP contribution >= 0.6 is 0 Å². The Hall–Kier alpha value is -1.22. The molecular weight excluding hydrogens is 262 g/mol. The molecule has 1 atom stereocenters. The topological polar surface area (TPSA) is 32.7 Å². The molecule has 1 aliphatic heterocycles. The molecule has 1 fully saturated rings. The first-order chi connectivity index (χ1) is 9.94. The molecule has 3 rings (SSSR count). The molecule has 2 aliphatic rings. The largest absolute Gasteiger partial charge is 0.508 e. The van der Waals surface area contributed by atoms with Crippen molar-refractivity contribution in [3.63, 3.8) is 0 Å². The van der Waals surface area contributed by atoms with Gasteiger partial charge in [-0.25, -0.2) is 0 Å². The Kier molecular flexibility index (Phi) is 3.87. The van der Waals surface area contributed by atoms with Gasteiger partial charge in [-0.1, -0.05) is 18.9 Å². The molecule has 1 aromatic rings. The van der Waals surface area contributed by atoms with Crippen LogP contribution in [0.5, 0.6) is 11.5 Å². The van der Waals surface area contributed by atoms with E-state index < -0.39 is 0 Å². The molecule has 0 radical (unpaired) electrons. The lowest BCUT2D eigenvalue weighted by molar-refractivity contribution is 0.0332. The maximum Gasteiger partial charge on any atom is 0.128 e. The first-order valence-corrected chi connectivity index (χ1v) is 8.17. The standard InChI is InChI=1S/C18H27NO2/c1-18(2)11-16(19(3)12-13-6-4-5-7-13)15-9-8-14(20)10-17(15)21-18/h8-10,13,16,20H,4-7,11-12H2,1-3H3. The zero-order valence-corrected chi connectivity index (χ0v) is 13.4. The molecule has 3 nitrogen and oxygen atoms in total. The Balaban J connectivity index is 1.83. The van der Waals surface area contributed by atoms with Crippen LogP contribution in [0.3, 0.4) is 0 Å². The van der Waals surface area contributed by atoms with Crippen molar-refractivity contribution in [3.8, 4) is 11.5 Å². The molecule has 1 aromatic carbocycles. The van der Waals surface area contributed by atoms with E-state index in [2.05, 4.69) is 25.8 Å². The Morgan fingerprint density at radius 2 is 2.00 bits per heavy atom. The van der Waals surface area contributed by atoms with Gasteiger partial charge in [-0.05, 0) is 45.7 Å². The first kappa shape index (κ1) is 14.7. The SMILES string of the molecule is CN(CC1CCCC1)C1CC(C)(C)Oc2cc(O)ccc21. The number of hydrogen-bond acceptors (Lipinski definition) is 3. The van der Waals surface area contributed by atoms with Crippen LogP contribution in [0, 0.1) is 5.92 Å². The average molecular weight is 289 g/mol. The second-order valence-corrected chi connectivity index (χ2v) is 7.39. The van der Waals surface area contributed by atoms with Gasteiger partial charge < -0.3 is 9.84 Å². The van der Waals surface area contributed by atoms with Crippen molar-refractivity contribution in [3.05, 3.63) is 23.8 Å². The van der Waals surface area contributed by atoms with E-state index >= 15 is 0 Å². The Morgan fingerprint density at radius 3 is 2.71 bits per heavy atom. The molecule has 0 spiro atoms. The predicted octanol–water partition coefficient (Wildman–Crippen LogP) is 4.12. The fourth-order valence-corrected chi connectivity index (χ4v) is 3.92. The highest BCUT2D eigenvalue weighted by Crippen LogP contribution is 2.44. The van der Waals surface area contributed by atoms with Gasteiger partial charge in [0.1, 0.15) is 17.1 Å². The zero-order chi connectivity index (χ0) is 15.0. The van der Waals surface area contributed by atoms with Gasteiger partial charge in [0.05, 0.1) is 0 Å². The number of aromatic hydroxyl groups is 1. The van der Waals surface area contributed by atoms with E-state index in [0.29, 0.717) is 6.04 Å². The van der Waals surface area contributed by atoms with Crippen LogP contribution in [-0.2, 0) is 0 Å². The van der Waals surface area contributed by atoms with Crippen molar-refractivity contribution in [1.82, 2.24) is 4.90 Å². The maximum absolute atomic E-state index is 9.72. The molecule has 3 heteroatoms. The van der Waals surface area contributed by atoms with Crippen LogP contribution in [0.4, 0.5) is 0 Å². The van der Waals surface area contributed by atoms with E-state index in [1.165, 1.54) is 37.8 Å². The number of hydrogen-bond donors (Lipinski definition) is 1. The summed E-state index contributed by atoms with van der Waals surface area (Å²) in [4.78, 5) is 2.50. The smallest absolute Gasteiger partial charge is 0.128 e. The third kappa shape index (κ3) is 3.18. The van der Waals surface area contributed by atoms with E-state index in [1.807, 2.05) is 6.07 Å². The molecule has 116 valence electrons. The molecular formula is C18H27NO2. The summed E-state index contributed by atoms with van der Waals surface area (Å²) in [7, 11) is 2.24. The Labute approximate surface area is 127 Å². The van der Waals surface area contributed by atoms with Crippen LogP contribution in [0.2, 0.25) is 0 Å². The number of rotatable bonds is 3. The van der Waals surface area contributed by atoms with Gasteiger partial charge in [0.15, 0.2) is 0 Å². The molecule has 0 amide bonds. The van der Waals surface area contributed by atoms with Gasteiger partial charge in [0, 0.05) is 30.6 Å². The molecule has 0 bridgehead atoms. The van der Waals surface area contributed by atoms with E-state index in [9.17, 15) is 5.11 Å². The lowest BCUT2D eigenvalue weighted by atomic mass is 9.88. The first-order valence-electron chi connectivity index (χ1n) is 8.17. The summed E-state index contributed by atoms with van der Waals surface area (Å²) in [5.74, 6) is 1.97. The lowest BCUT2D eigenvalue weighted by Gasteiger charge is -2.42. The molecule has 21 heavy (non-hydrogen) atoms. The molecule has 1 aliphatic carbocycles. The number of ether oxygens (including phenoxy) is 1. The van der Waals surface area contributed by atoms with Crippen LogP contribution in [0.25, 0.3) is 0 Å². The number of nitrogens with zero attached hydrogens (tertiary/aromatic N) is 1. The molecule has 1 unspecified atom stereocenters. The minimum Gasteiger partial charge on any atom is -0.508 e. The normalized spacial score (nSPS) is 24.9. The van der Waals surface area contributed by atoms with E-state index in [4.69, 9.17) is 4.74 Å². The maximum atomic E-state index is 9.72. The van der Waals surface area contributed by atoms with Gasteiger partial charge >= 0.3 is 0 Å². The summed E-state index contributed by atoms with van der Waals surface area (Å²) in [5, 5.41) is 9.72. The minimum atomic E-state index is -0.185. The average Bonchev–Trinajstić information content (AvgIpc) is 2.89. The molecule has 0 aromatic heterocycles. The summed E-state index contributed by atoms with van der Waals surface area (Å²) in [6.45, 7) is 5.44. The molecule has 1 saturated carbocycles. The van der Waals surface area contributed by atoms with Gasteiger partial charge in [0.2, 0.25) is 0 Å². The van der Waals surface area contributed by atoms with Crippen molar-refractivity contribution < 1.29 is 9.84 Å². The van der Waals surface area contributed by atoms with E-state index in [-0.39, 0.29) is 11.4 Å². The predicted molar refractivity (Wildman–Crippen MR) is 84.8 cm³/mol. The van der Waals surface area contributed by atoms with E-state index in [0.717, 1.165) is 18.1 Å². The lowest BCUT2D eigenvalue weighted by Crippen LogP contribution is -2.41. The second kappa shape index (κ2) is 5.53. The minimum absolute atomic E-state index is 0.185. The highest BCUT2D eigenvalue weighted by Gasteiger charge is 2.36. The molecule has 1 heterocycles. The van der Waals surface area contributed by atoms with Crippen LogP contribution < -0.4 is 4.74 Å². The van der Waals surface area contributed by atoms with Crippen molar-refractivity contribution in [2.45, 2.75) is 57.6 Å². The number of phenols is 1. The highest BCUT2D eigenvalue weighted by atomic mass is 16.5. The quantitative estimate of drug-likeness (QED) is 0.908. The summed E-state index contributed by atoms with van der Waals surface area (Å²) >= 11 is 0. The number of fused-ring (bicyclic) bond motifs is 1. The highest BCUT2D eigenvalue weighted by molar-refractivity contribution is 5.44. The van der Waals surface area contributed by atoms with Crippen LogP contribution in [0.1, 0.15) is 57.6 Å². The second-order valence-electron chi connectivity index (χ2n) is 7.39. The summed E-state index contributed by atoms with van der Waals surface area (Å²) < 4.78 is 6.06. The van der Waals surface area contributed by atoms with Crippen LogP contribution in [-0.4, -0.2) is 29.2 Å². The van der Waals surface area contributed by atoms with Gasteiger partial charge in [-0.2, -0.15) is 0 Å². The van der Waals surface area contributed by atoms with Gasteiger partial charge in [-0.3, -0.25) is 4.90 Å². The summed E-state index contributed by atoms with van der Waals surface area (Å²) in [5.41, 5.74) is 1.03. The third-order valence-corrected chi connectivity index (χ3v) is 4.98. The fourth-order valence-electron chi connectivity index (χ4n) is 3.92. The Morgan fingerprint density at radius 1 is 1.29 bits per heavy atom. The molecule has 1 N–H and O–H groups in total. The van der Waals surface area contributed by atoms with Crippen molar-refractivity contribution in [2.24, 2.45) is 5.92 Å². The van der Waals surface area contributed by atoms with Crippen molar-refractivity contribution >= 4 is 0 Å². The third-order valence-electron chi connectivity index (χ3n) is 4.98. The zero-order valence-electron chi connectivity index (χ0n) is 13.4. The van der Waals surface area contributed by atoms with Crippen molar-refractivity contribution in [2.75, 3.05) is 13.6 Å². The summed E-state index contributed by atoms with van der Waals surface area (Å²) in [6, 6.07) is 5.93. The monoisotopic (exact) mass is 289 g/mol. The number of benzene rings is 1.